The Morgan fingerprint density at radius 1 is 1.62 bits per heavy atom. The van der Waals surface area contributed by atoms with Crippen molar-refractivity contribution in [3.63, 3.8) is 0 Å². The van der Waals surface area contributed by atoms with Crippen molar-refractivity contribution in [2.24, 2.45) is 0 Å². The van der Waals surface area contributed by atoms with Crippen LogP contribution in [-0.2, 0) is 6.42 Å². The molecule has 0 aliphatic carbocycles. The molecule has 0 saturated carbocycles. The molecule has 1 rings (SSSR count). The molecule has 1 atom stereocenters. The second-order valence-corrected chi connectivity index (χ2v) is 3.97. The molecule has 3 heteroatoms. The lowest BCUT2D eigenvalue weighted by Gasteiger charge is -2.16. The topological polar surface area (TPSA) is 50.9 Å². The minimum Gasteiger partial charge on any atom is -0.384 e. The normalized spacial score (nSPS) is 12.3. The summed E-state index contributed by atoms with van der Waals surface area (Å²) in [6.45, 7) is 7.00. The highest BCUT2D eigenvalue weighted by Gasteiger charge is 2.07. The van der Waals surface area contributed by atoms with Gasteiger partial charge in [0, 0.05) is 12.2 Å². The third-order valence-corrected chi connectivity index (χ3v) is 2.46. The Hall–Kier alpha value is -1.35. The smallest absolute Gasteiger partial charge is 0.123 e. The molecular formula is C13H21N3. The molecule has 3 nitrogen and oxygen atoms in total. The van der Waals surface area contributed by atoms with Crippen molar-refractivity contribution in [3.05, 3.63) is 36.5 Å². The first-order valence-corrected chi connectivity index (χ1v) is 5.81. The molecule has 0 aliphatic rings. The average molecular weight is 219 g/mol. The number of nitrogen functional groups attached to an aromatic ring is 1. The van der Waals surface area contributed by atoms with E-state index in [4.69, 9.17) is 5.73 Å². The Morgan fingerprint density at radius 2 is 2.44 bits per heavy atom. The van der Waals surface area contributed by atoms with E-state index in [1.807, 2.05) is 18.2 Å². The van der Waals surface area contributed by atoms with Gasteiger partial charge in [-0.2, -0.15) is 0 Å². The molecule has 16 heavy (non-hydrogen) atoms. The maximum atomic E-state index is 5.66. The van der Waals surface area contributed by atoms with E-state index in [0.29, 0.717) is 11.9 Å². The van der Waals surface area contributed by atoms with Crippen molar-refractivity contribution in [2.75, 3.05) is 12.3 Å². The molecule has 88 valence electrons. The number of aromatic nitrogens is 1. The van der Waals surface area contributed by atoms with Crippen LogP contribution in [0.25, 0.3) is 0 Å². The van der Waals surface area contributed by atoms with Crippen molar-refractivity contribution >= 4 is 5.82 Å². The molecule has 0 amide bonds. The predicted molar refractivity (Wildman–Crippen MR) is 69.2 cm³/mol. The SMILES string of the molecule is C=CCC(Cc1ccnc(N)c1)NCCC. The van der Waals surface area contributed by atoms with E-state index < -0.39 is 0 Å². The summed E-state index contributed by atoms with van der Waals surface area (Å²) in [5.74, 6) is 0.588. The van der Waals surface area contributed by atoms with E-state index in [9.17, 15) is 0 Å². The van der Waals surface area contributed by atoms with Crippen LogP contribution in [0.5, 0.6) is 0 Å². The van der Waals surface area contributed by atoms with Crippen LogP contribution in [0.1, 0.15) is 25.3 Å². The summed E-state index contributed by atoms with van der Waals surface area (Å²) >= 11 is 0. The van der Waals surface area contributed by atoms with Crippen molar-refractivity contribution in [3.8, 4) is 0 Å². The second-order valence-electron chi connectivity index (χ2n) is 3.97. The zero-order chi connectivity index (χ0) is 11.8. The Kier molecular flexibility index (Phi) is 5.57. The Bertz CT molecular complexity index is 323. The molecular weight excluding hydrogens is 198 g/mol. The summed E-state index contributed by atoms with van der Waals surface area (Å²) in [4.78, 5) is 3.99. The van der Waals surface area contributed by atoms with E-state index in [-0.39, 0.29) is 0 Å². The fraction of sp³-hybridized carbons (Fsp3) is 0.462. The molecule has 0 bridgehead atoms. The van der Waals surface area contributed by atoms with Gasteiger partial charge in [-0.05, 0) is 43.5 Å². The summed E-state index contributed by atoms with van der Waals surface area (Å²) in [6, 6.07) is 4.39. The van der Waals surface area contributed by atoms with Gasteiger partial charge in [0.2, 0.25) is 0 Å². The zero-order valence-electron chi connectivity index (χ0n) is 9.95. The van der Waals surface area contributed by atoms with Crippen molar-refractivity contribution in [1.82, 2.24) is 10.3 Å². The van der Waals surface area contributed by atoms with Crippen LogP contribution in [0.15, 0.2) is 31.0 Å². The van der Waals surface area contributed by atoms with E-state index in [2.05, 4.69) is 23.8 Å². The highest BCUT2D eigenvalue weighted by Crippen LogP contribution is 2.08. The lowest BCUT2D eigenvalue weighted by molar-refractivity contribution is 0.512. The maximum Gasteiger partial charge on any atom is 0.123 e. The van der Waals surface area contributed by atoms with Gasteiger partial charge >= 0.3 is 0 Å². The van der Waals surface area contributed by atoms with E-state index in [1.165, 1.54) is 5.56 Å². The molecule has 1 unspecified atom stereocenters. The third kappa shape index (κ3) is 4.45. The van der Waals surface area contributed by atoms with Crippen molar-refractivity contribution < 1.29 is 0 Å². The standard InChI is InChI=1S/C13H21N3/c1-3-5-12(15-7-4-2)9-11-6-8-16-13(14)10-11/h3,6,8,10,12,15H,1,4-5,7,9H2,2H3,(H2,14,16). The van der Waals surface area contributed by atoms with E-state index >= 15 is 0 Å². The van der Waals surface area contributed by atoms with Crippen molar-refractivity contribution in [2.45, 2.75) is 32.2 Å². The quantitative estimate of drug-likeness (QED) is 0.691. The number of hydrogen-bond acceptors (Lipinski definition) is 3. The predicted octanol–water partition coefficient (Wildman–Crippen LogP) is 2.15. The minimum absolute atomic E-state index is 0.444. The maximum absolute atomic E-state index is 5.66. The molecule has 0 aromatic carbocycles. The van der Waals surface area contributed by atoms with E-state index in [1.54, 1.807) is 6.20 Å². The molecule has 1 aromatic rings. The molecule has 0 fully saturated rings. The Balaban J connectivity index is 2.56. The number of anilines is 1. The van der Waals surface area contributed by atoms with Crippen LogP contribution < -0.4 is 11.1 Å². The summed E-state index contributed by atoms with van der Waals surface area (Å²) in [6.07, 6.45) is 6.81. The minimum atomic E-state index is 0.444. The number of nitrogens with two attached hydrogens (primary N) is 1. The molecule has 3 N–H and O–H groups in total. The Morgan fingerprint density at radius 3 is 3.06 bits per heavy atom. The fourth-order valence-electron chi connectivity index (χ4n) is 1.69. The van der Waals surface area contributed by atoms with Crippen molar-refractivity contribution in [1.29, 1.82) is 0 Å². The lowest BCUT2D eigenvalue weighted by atomic mass is 10.0. The molecule has 0 saturated heterocycles. The first kappa shape index (κ1) is 12.7. The number of nitrogens with one attached hydrogen (secondary N) is 1. The number of nitrogens with zero attached hydrogens (tertiary/aromatic N) is 1. The van der Waals surface area contributed by atoms with Gasteiger partial charge in [0.05, 0.1) is 0 Å². The number of hydrogen-bond donors (Lipinski definition) is 2. The number of rotatable bonds is 7. The summed E-state index contributed by atoms with van der Waals surface area (Å²) in [7, 11) is 0. The summed E-state index contributed by atoms with van der Waals surface area (Å²) in [5.41, 5.74) is 6.88. The third-order valence-electron chi connectivity index (χ3n) is 2.46. The van der Waals surface area contributed by atoms with Crippen LogP contribution in [0.2, 0.25) is 0 Å². The average Bonchev–Trinajstić information content (AvgIpc) is 2.26. The molecule has 0 spiro atoms. The first-order chi connectivity index (χ1) is 7.76. The monoisotopic (exact) mass is 219 g/mol. The fourth-order valence-corrected chi connectivity index (χ4v) is 1.69. The van der Waals surface area contributed by atoms with Gasteiger partial charge in [0.25, 0.3) is 0 Å². The molecule has 1 aromatic heterocycles. The van der Waals surface area contributed by atoms with Crippen LogP contribution >= 0.6 is 0 Å². The van der Waals surface area contributed by atoms with Gasteiger partial charge < -0.3 is 11.1 Å². The van der Waals surface area contributed by atoms with Gasteiger partial charge in [-0.25, -0.2) is 4.98 Å². The van der Waals surface area contributed by atoms with Crippen LogP contribution in [0.3, 0.4) is 0 Å². The largest absolute Gasteiger partial charge is 0.384 e. The second kappa shape index (κ2) is 7.01. The lowest BCUT2D eigenvalue weighted by Crippen LogP contribution is -2.31. The van der Waals surface area contributed by atoms with Crippen LogP contribution in [-0.4, -0.2) is 17.6 Å². The summed E-state index contributed by atoms with van der Waals surface area (Å²) < 4.78 is 0. The van der Waals surface area contributed by atoms with E-state index in [0.717, 1.165) is 25.8 Å². The summed E-state index contributed by atoms with van der Waals surface area (Å²) in [5, 5.41) is 3.51. The first-order valence-electron chi connectivity index (χ1n) is 5.81. The highest BCUT2D eigenvalue weighted by atomic mass is 14.9. The molecule has 1 heterocycles. The number of pyridine rings is 1. The van der Waals surface area contributed by atoms with Gasteiger partial charge in [0.15, 0.2) is 0 Å². The molecule has 0 aliphatic heterocycles. The van der Waals surface area contributed by atoms with Crippen LogP contribution in [0.4, 0.5) is 5.82 Å². The van der Waals surface area contributed by atoms with Crippen LogP contribution in [0, 0.1) is 0 Å². The van der Waals surface area contributed by atoms with Gasteiger partial charge in [-0.1, -0.05) is 13.0 Å². The molecule has 0 radical (unpaired) electrons. The van der Waals surface area contributed by atoms with Gasteiger partial charge in [-0.15, -0.1) is 6.58 Å². The highest BCUT2D eigenvalue weighted by molar-refractivity contribution is 5.32. The Labute approximate surface area is 97.8 Å². The van der Waals surface area contributed by atoms with Gasteiger partial charge in [-0.3, -0.25) is 0 Å². The van der Waals surface area contributed by atoms with Gasteiger partial charge in [0.1, 0.15) is 5.82 Å². The zero-order valence-corrected chi connectivity index (χ0v) is 9.95.